The predicted octanol–water partition coefficient (Wildman–Crippen LogP) is 14.5. The van der Waals surface area contributed by atoms with E-state index >= 15 is 0 Å². The fourth-order valence-electron chi connectivity index (χ4n) is 9.69. The van der Waals surface area contributed by atoms with Gasteiger partial charge in [0, 0.05) is 43.7 Å². The second-order valence-electron chi connectivity index (χ2n) is 16.3. The summed E-state index contributed by atoms with van der Waals surface area (Å²) in [5.74, 6) is 1.36. The van der Waals surface area contributed by atoms with Crippen molar-refractivity contribution in [3.8, 4) is 62.7 Å². The van der Waals surface area contributed by atoms with Gasteiger partial charge in [0.1, 0.15) is 17.2 Å². The van der Waals surface area contributed by atoms with Crippen LogP contribution in [0.4, 0.5) is 0 Å². The van der Waals surface area contributed by atoms with Gasteiger partial charge in [-0.2, -0.15) is 5.26 Å². The third-order valence-electron chi connectivity index (χ3n) is 12.6. The van der Waals surface area contributed by atoms with Crippen molar-refractivity contribution >= 4 is 65.6 Å². The van der Waals surface area contributed by atoms with E-state index in [1.807, 2.05) is 91.0 Å². The van der Waals surface area contributed by atoms with Crippen molar-refractivity contribution in [2.75, 3.05) is 0 Å². The molecule has 0 saturated heterocycles. The number of para-hydroxylation sites is 3. The lowest BCUT2D eigenvalue weighted by Gasteiger charge is -2.14. The van der Waals surface area contributed by atoms with Crippen molar-refractivity contribution < 1.29 is 4.42 Å². The van der Waals surface area contributed by atoms with E-state index in [0.29, 0.717) is 39.8 Å². The molecule has 0 aliphatic heterocycles. The predicted molar refractivity (Wildman–Crippen MR) is 262 cm³/mol. The highest BCUT2D eigenvalue weighted by Crippen LogP contribution is 2.46. The van der Waals surface area contributed by atoms with Gasteiger partial charge in [0.15, 0.2) is 17.5 Å². The molecule has 0 atom stereocenters. The second kappa shape index (κ2) is 14.5. The molecule has 13 aromatic rings. The Labute approximate surface area is 372 Å². The Hall–Kier alpha value is -9.12. The summed E-state index contributed by atoms with van der Waals surface area (Å²) in [4.78, 5) is 15.2. The summed E-state index contributed by atoms with van der Waals surface area (Å²) in [6.07, 6.45) is 0. The van der Waals surface area contributed by atoms with Gasteiger partial charge in [0.05, 0.1) is 44.3 Å². The molecule has 0 unspecified atom stereocenters. The molecule has 302 valence electrons. The largest absolute Gasteiger partial charge is 0.455 e. The van der Waals surface area contributed by atoms with Crippen LogP contribution in [0.25, 0.3) is 122 Å². The Balaban J connectivity index is 1.16. The number of aromatic nitrogens is 5. The molecule has 7 heteroatoms. The van der Waals surface area contributed by atoms with Crippen molar-refractivity contribution in [1.29, 1.82) is 5.26 Å². The van der Waals surface area contributed by atoms with Crippen molar-refractivity contribution in [3.63, 3.8) is 0 Å². The zero-order valence-electron chi connectivity index (χ0n) is 34.7. The van der Waals surface area contributed by atoms with Gasteiger partial charge in [0.2, 0.25) is 0 Å². The topological polar surface area (TPSA) is 85.5 Å². The van der Waals surface area contributed by atoms with E-state index in [9.17, 15) is 5.26 Å². The maximum absolute atomic E-state index is 11.3. The van der Waals surface area contributed by atoms with Gasteiger partial charge in [-0.1, -0.05) is 152 Å². The van der Waals surface area contributed by atoms with E-state index in [0.717, 1.165) is 88.0 Å². The van der Waals surface area contributed by atoms with Crippen LogP contribution < -0.4 is 0 Å². The number of hydrogen-bond acceptors (Lipinski definition) is 5. The lowest BCUT2D eigenvalue weighted by molar-refractivity contribution is 0.669. The molecule has 0 fully saturated rings. The van der Waals surface area contributed by atoms with Gasteiger partial charge < -0.3 is 13.6 Å². The highest BCUT2D eigenvalue weighted by atomic mass is 16.3. The number of benzene rings is 9. The summed E-state index contributed by atoms with van der Waals surface area (Å²) in [5, 5.41) is 17.5. The SMILES string of the molecule is N#Cc1cc(-n2c3ccc(-c4ccccc4)cc3c3cc4c(cc32)c2ccccc2n4-c2ccccc2)c2c(oc3ccccc32)c1-c1nc(-c2ccccc2)nc(-c2ccccc2)n1. The summed E-state index contributed by atoms with van der Waals surface area (Å²) in [7, 11) is 0. The van der Waals surface area contributed by atoms with Gasteiger partial charge in [-0.05, 0) is 65.7 Å². The third-order valence-corrected chi connectivity index (χ3v) is 12.6. The standard InChI is InChI=1S/C58H34N6O/c59-35-40-32-51(54-43-26-14-16-28-52(43)65-55(54)53(40)58-61-56(37-19-7-2-8-20-37)60-57(62-58)38-21-9-3-10-22-38)64-48-30-29-39(36-17-5-1-6-18-36)31-44(48)46-34-49-45(33-50(46)64)42-25-13-15-27-47(42)63(49)41-23-11-4-12-24-41/h1-34H. The first-order chi connectivity index (χ1) is 32.2. The summed E-state index contributed by atoms with van der Waals surface area (Å²) in [5.41, 5.74) is 12.2. The van der Waals surface area contributed by atoms with Crippen LogP contribution in [0.15, 0.2) is 211 Å². The average molecular weight is 831 g/mol. The molecule has 65 heavy (non-hydrogen) atoms. The van der Waals surface area contributed by atoms with Gasteiger partial charge in [0.25, 0.3) is 0 Å². The van der Waals surface area contributed by atoms with Crippen molar-refractivity contribution in [1.82, 2.24) is 24.1 Å². The van der Waals surface area contributed by atoms with Crippen LogP contribution in [-0.2, 0) is 0 Å². The number of nitrogens with zero attached hydrogens (tertiary/aromatic N) is 6. The molecule has 0 N–H and O–H groups in total. The minimum absolute atomic E-state index is 0.356. The first-order valence-corrected chi connectivity index (χ1v) is 21.6. The molecular formula is C58H34N6O. The van der Waals surface area contributed by atoms with Gasteiger partial charge in [-0.15, -0.1) is 0 Å². The van der Waals surface area contributed by atoms with Crippen molar-refractivity contribution in [2.45, 2.75) is 0 Å². The highest BCUT2D eigenvalue weighted by Gasteiger charge is 2.27. The fourth-order valence-corrected chi connectivity index (χ4v) is 9.69. The molecule has 0 bridgehead atoms. The molecule has 7 nitrogen and oxygen atoms in total. The summed E-state index contributed by atoms with van der Waals surface area (Å²) in [6.45, 7) is 0. The molecule has 9 aromatic carbocycles. The number of furan rings is 1. The maximum Gasteiger partial charge on any atom is 0.169 e. The number of fused-ring (bicyclic) bond motifs is 9. The lowest BCUT2D eigenvalue weighted by Crippen LogP contribution is -2.03. The van der Waals surface area contributed by atoms with Crippen LogP contribution in [0.3, 0.4) is 0 Å². The molecule has 0 aliphatic carbocycles. The average Bonchev–Trinajstić information content (AvgIpc) is 4.03. The molecule has 0 saturated carbocycles. The van der Waals surface area contributed by atoms with E-state index in [-0.39, 0.29) is 0 Å². The number of rotatable bonds is 6. The molecule has 0 radical (unpaired) electrons. The Morgan fingerprint density at radius 3 is 1.60 bits per heavy atom. The molecular weight excluding hydrogens is 797 g/mol. The quantitative estimate of drug-likeness (QED) is 0.167. The fraction of sp³-hybridized carbons (Fsp3) is 0. The van der Waals surface area contributed by atoms with Crippen LogP contribution in [0.5, 0.6) is 0 Å². The second-order valence-corrected chi connectivity index (χ2v) is 16.3. The molecule has 13 rings (SSSR count). The molecule has 0 aliphatic rings. The van der Waals surface area contributed by atoms with Gasteiger partial charge in [-0.25, -0.2) is 15.0 Å². The first kappa shape index (κ1) is 36.5. The summed E-state index contributed by atoms with van der Waals surface area (Å²) >= 11 is 0. The summed E-state index contributed by atoms with van der Waals surface area (Å²) < 4.78 is 11.6. The molecule has 4 heterocycles. The summed E-state index contributed by atoms with van der Waals surface area (Å²) in [6, 6.07) is 73.4. The Bertz CT molecular complexity index is 3990. The minimum Gasteiger partial charge on any atom is -0.455 e. The van der Waals surface area contributed by atoms with E-state index in [2.05, 4.69) is 130 Å². The maximum atomic E-state index is 11.3. The number of nitriles is 1. The number of hydrogen-bond donors (Lipinski definition) is 0. The highest BCUT2D eigenvalue weighted by molar-refractivity contribution is 6.21. The zero-order chi connectivity index (χ0) is 43.0. The van der Waals surface area contributed by atoms with E-state index < -0.39 is 0 Å². The van der Waals surface area contributed by atoms with Crippen LogP contribution in [-0.4, -0.2) is 24.1 Å². The van der Waals surface area contributed by atoms with E-state index in [1.54, 1.807) is 0 Å². The minimum atomic E-state index is 0.356. The lowest BCUT2D eigenvalue weighted by atomic mass is 10.00. The Morgan fingerprint density at radius 1 is 0.400 bits per heavy atom. The first-order valence-electron chi connectivity index (χ1n) is 21.6. The van der Waals surface area contributed by atoms with Crippen LogP contribution in [0, 0.1) is 11.3 Å². The monoisotopic (exact) mass is 830 g/mol. The van der Waals surface area contributed by atoms with Crippen LogP contribution in [0.2, 0.25) is 0 Å². The zero-order valence-corrected chi connectivity index (χ0v) is 34.7. The van der Waals surface area contributed by atoms with E-state index in [4.69, 9.17) is 19.4 Å². The van der Waals surface area contributed by atoms with Crippen molar-refractivity contribution in [3.05, 3.63) is 212 Å². The third kappa shape index (κ3) is 5.71. The normalized spacial score (nSPS) is 11.7. The van der Waals surface area contributed by atoms with Gasteiger partial charge >= 0.3 is 0 Å². The van der Waals surface area contributed by atoms with Crippen LogP contribution in [0.1, 0.15) is 5.56 Å². The molecule has 0 spiro atoms. The van der Waals surface area contributed by atoms with E-state index in [1.165, 1.54) is 0 Å². The van der Waals surface area contributed by atoms with Crippen LogP contribution >= 0.6 is 0 Å². The Morgan fingerprint density at radius 2 is 0.923 bits per heavy atom. The van der Waals surface area contributed by atoms with Crippen molar-refractivity contribution in [2.24, 2.45) is 0 Å². The van der Waals surface area contributed by atoms with Gasteiger partial charge in [-0.3, -0.25) is 0 Å². The molecule has 0 amide bonds. The Kier molecular flexibility index (Phi) is 8.14. The molecule has 4 aromatic heterocycles. The smallest absolute Gasteiger partial charge is 0.169 e.